The second-order valence-corrected chi connectivity index (χ2v) is 8.55. The summed E-state index contributed by atoms with van der Waals surface area (Å²) in [6, 6.07) is 14.2. The quantitative estimate of drug-likeness (QED) is 0.632. The summed E-state index contributed by atoms with van der Waals surface area (Å²) in [7, 11) is -3.46. The maximum absolute atomic E-state index is 12.1. The third kappa shape index (κ3) is 6.73. The Morgan fingerprint density at radius 2 is 1.82 bits per heavy atom. The fourth-order valence-corrected chi connectivity index (χ4v) is 3.84. The SMILES string of the molecule is CCOc1ccc(N(CCCC(=O)NCc2ccccc2Cl)S(C)(=O)=O)cc1. The summed E-state index contributed by atoms with van der Waals surface area (Å²) in [6.45, 7) is 2.98. The molecule has 0 unspecified atom stereocenters. The van der Waals surface area contributed by atoms with Gasteiger partial charge in [0, 0.05) is 24.5 Å². The van der Waals surface area contributed by atoms with Gasteiger partial charge in [-0.3, -0.25) is 9.10 Å². The molecule has 2 aromatic rings. The first-order valence-electron chi connectivity index (χ1n) is 9.02. The second-order valence-electron chi connectivity index (χ2n) is 6.23. The number of halogens is 1. The monoisotopic (exact) mass is 424 g/mol. The highest BCUT2D eigenvalue weighted by Gasteiger charge is 2.17. The normalized spacial score (nSPS) is 11.1. The van der Waals surface area contributed by atoms with Crippen molar-refractivity contribution in [3.8, 4) is 5.75 Å². The average molecular weight is 425 g/mol. The number of benzene rings is 2. The van der Waals surface area contributed by atoms with Gasteiger partial charge in [-0.25, -0.2) is 8.42 Å². The number of carbonyl (C=O) groups is 1. The molecule has 6 nitrogen and oxygen atoms in total. The van der Waals surface area contributed by atoms with Gasteiger partial charge < -0.3 is 10.1 Å². The molecule has 28 heavy (non-hydrogen) atoms. The molecule has 8 heteroatoms. The highest BCUT2D eigenvalue weighted by molar-refractivity contribution is 7.92. The topological polar surface area (TPSA) is 75.7 Å². The van der Waals surface area contributed by atoms with Gasteiger partial charge in [0.05, 0.1) is 18.6 Å². The molecular formula is C20H25ClN2O4S. The number of sulfonamides is 1. The lowest BCUT2D eigenvalue weighted by Gasteiger charge is -2.22. The molecule has 0 saturated heterocycles. The van der Waals surface area contributed by atoms with E-state index in [0.717, 1.165) is 11.8 Å². The number of hydrogen-bond donors (Lipinski definition) is 1. The summed E-state index contributed by atoms with van der Waals surface area (Å²) in [5.41, 5.74) is 1.38. The van der Waals surface area contributed by atoms with E-state index < -0.39 is 10.0 Å². The van der Waals surface area contributed by atoms with Crippen LogP contribution in [-0.2, 0) is 21.4 Å². The molecule has 0 fully saturated rings. The van der Waals surface area contributed by atoms with E-state index in [4.69, 9.17) is 16.3 Å². The van der Waals surface area contributed by atoms with Crippen LogP contribution in [0.15, 0.2) is 48.5 Å². The van der Waals surface area contributed by atoms with Crippen LogP contribution in [0.5, 0.6) is 5.75 Å². The molecule has 0 aliphatic carbocycles. The Labute approximate surface area is 171 Å². The van der Waals surface area contributed by atoms with Crippen LogP contribution in [0.4, 0.5) is 5.69 Å². The van der Waals surface area contributed by atoms with Crippen molar-refractivity contribution in [1.82, 2.24) is 5.32 Å². The highest BCUT2D eigenvalue weighted by atomic mass is 35.5. The minimum absolute atomic E-state index is 0.153. The number of nitrogens with zero attached hydrogens (tertiary/aromatic N) is 1. The Balaban J connectivity index is 1.89. The predicted molar refractivity (Wildman–Crippen MR) is 112 cm³/mol. The lowest BCUT2D eigenvalue weighted by Crippen LogP contribution is -2.32. The molecule has 0 saturated carbocycles. The molecular weight excluding hydrogens is 400 g/mol. The van der Waals surface area contributed by atoms with E-state index in [2.05, 4.69) is 5.32 Å². The van der Waals surface area contributed by atoms with Gasteiger partial charge in [-0.2, -0.15) is 0 Å². The summed E-state index contributed by atoms with van der Waals surface area (Å²) >= 11 is 6.07. The van der Waals surface area contributed by atoms with Crippen LogP contribution in [0.2, 0.25) is 5.02 Å². The molecule has 0 spiro atoms. The number of rotatable bonds is 10. The number of nitrogens with one attached hydrogen (secondary N) is 1. The van der Waals surface area contributed by atoms with Crippen LogP contribution in [0.25, 0.3) is 0 Å². The largest absolute Gasteiger partial charge is 0.494 e. The number of carbonyl (C=O) groups excluding carboxylic acids is 1. The molecule has 0 bridgehead atoms. The van der Waals surface area contributed by atoms with Crippen molar-refractivity contribution in [2.75, 3.05) is 23.7 Å². The molecule has 0 radical (unpaired) electrons. The summed E-state index contributed by atoms with van der Waals surface area (Å²) < 4.78 is 31.0. The van der Waals surface area contributed by atoms with Crippen molar-refractivity contribution >= 4 is 33.2 Å². The van der Waals surface area contributed by atoms with Crippen molar-refractivity contribution in [3.63, 3.8) is 0 Å². The molecule has 1 amide bonds. The van der Waals surface area contributed by atoms with Gasteiger partial charge in [-0.1, -0.05) is 29.8 Å². The van der Waals surface area contributed by atoms with Gasteiger partial charge in [-0.05, 0) is 49.2 Å². The number of anilines is 1. The first-order chi connectivity index (χ1) is 13.3. The molecule has 0 heterocycles. The van der Waals surface area contributed by atoms with E-state index >= 15 is 0 Å². The van der Waals surface area contributed by atoms with Gasteiger partial charge >= 0.3 is 0 Å². The van der Waals surface area contributed by atoms with Crippen LogP contribution in [0.3, 0.4) is 0 Å². The molecule has 2 rings (SSSR count). The minimum atomic E-state index is -3.46. The first-order valence-corrected chi connectivity index (χ1v) is 11.2. The van der Waals surface area contributed by atoms with Gasteiger partial charge in [-0.15, -0.1) is 0 Å². The fourth-order valence-electron chi connectivity index (χ4n) is 2.67. The van der Waals surface area contributed by atoms with Gasteiger partial charge in [0.2, 0.25) is 15.9 Å². The van der Waals surface area contributed by atoms with Crippen LogP contribution in [-0.4, -0.2) is 33.7 Å². The van der Waals surface area contributed by atoms with E-state index in [0.29, 0.717) is 36.0 Å². The summed E-state index contributed by atoms with van der Waals surface area (Å²) in [5.74, 6) is 0.527. The molecule has 0 atom stereocenters. The van der Waals surface area contributed by atoms with Gasteiger partial charge in [0.15, 0.2) is 0 Å². The molecule has 1 N–H and O–H groups in total. The van der Waals surface area contributed by atoms with E-state index in [1.807, 2.05) is 25.1 Å². The highest BCUT2D eigenvalue weighted by Crippen LogP contribution is 2.22. The van der Waals surface area contributed by atoms with Crippen LogP contribution in [0, 0.1) is 0 Å². The third-order valence-electron chi connectivity index (χ3n) is 4.03. The predicted octanol–water partition coefficient (Wildman–Crippen LogP) is 3.60. The number of amides is 1. The summed E-state index contributed by atoms with van der Waals surface area (Å²) in [5, 5.41) is 3.40. The maximum atomic E-state index is 12.1. The van der Waals surface area contributed by atoms with Crippen LogP contribution >= 0.6 is 11.6 Å². The van der Waals surface area contributed by atoms with Gasteiger partial charge in [0.1, 0.15) is 5.75 Å². The smallest absolute Gasteiger partial charge is 0.232 e. The van der Waals surface area contributed by atoms with Gasteiger partial charge in [0.25, 0.3) is 0 Å². The Bertz CT molecular complexity index is 885. The van der Waals surface area contributed by atoms with Crippen LogP contribution < -0.4 is 14.4 Å². The zero-order valence-corrected chi connectivity index (χ0v) is 17.6. The molecule has 0 aliphatic heterocycles. The van der Waals surface area contributed by atoms with Crippen molar-refractivity contribution in [3.05, 3.63) is 59.1 Å². The van der Waals surface area contributed by atoms with E-state index in [9.17, 15) is 13.2 Å². The summed E-state index contributed by atoms with van der Waals surface area (Å²) in [6.07, 6.45) is 1.77. The van der Waals surface area contributed by atoms with Crippen molar-refractivity contribution < 1.29 is 17.9 Å². The lowest BCUT2D eigenvalue weighted by atomic mass is 10.2. The Kier molecular flexibility index (Phi) is 8.14. The van der Waals surface area contributed by atoms with Crippen molar-refractivity contribution in [1.29, 1.82) is 0 Å². The first kappa shape index (κ1) is 22.0. The standard InChI is InChI=1S/C20H25ClN2O4S/c1-3-27-18-12-10-17(11-13-18)23(28(2,25)26)14-6-9-20(24)22-15-16-7-4-5-8-19(16)21/h4-5,7-8,10-13H,3,6,9,14-15H2,1-2H3,(H,22,24). The second kappa shape index (κ2) is 10.3. The Hall–Kier alpha value is -2.25. The Morgan fingerprint density at radius 3 is 2.43 bits per heavy atom. The minimum Gasteiger partial charge on any atom is -0.494 e. The Morgan fingerprint density at radius 1 is 1.14 bits per heavy atom. The molecule has 0 aliphatic rings. The zero-order chi connectivity index (χ0) is 20.6. The third-order valence-corrected chi connectivity index (χ3v) is 5.60. The van der Waals surface area contributed by atoms with Crippen molar-refractivity contribution in [2.45, 2.75) is 26.3 Å². The molecule has 152 valence electrons. The average Bonchev–Trinajstić information content (AvgIpc) is 2.65. The summed E-state index contributed by atoms with van der Waals surface area (Å²) in [4.78, 5) is 12.1. The van der Waals surface area contributed by atoms with E-state index in [1.165, 1.54) is 4.31 Å². The van der Waals surface area contributed by atoms with Crippen molar-refractivity contribution in [2.24, 2.45) is 0 Å². The zero-order valence-electron chi connectivity index (χ0n) is 16.0. The number of ether oxygens (including phenoxy) is 1. The van der Waals surface area contributed by atoms with E-state index in [-0.39, 0.29) is 18.9 Å². The molecule has 0 aromatic heterocycles. The molecule has 2 aromatic carbocycles. The van der Waals surface area contributed by atoms with Crippen LogP contribution in [0.1, 0.15) is 25.3 Å². The number of hydrogen-bond acceptors (Lipinski definition) is 4. The van der Waals surface area contributed by atoms with E-state index in [1.54, 1.807) is 30.3 Å². The fraction of sp³-hybridized carbons (Fsp3) is 0.350. The lowest BCUT2D eigenvalue weighted by molar-refractivity contribution is -0.121. The maximum Gasteiger partial charge on any atom is 0.232 e.